The van der Waals surface area contributed by atoms with Crippen LogP contribution in [0, 0.1) is 6.92 Å². The van der Waals surface area contributed by atoms with E-state index in [4.69, 9.17) is 19.8 Å². The number of carbonyl (C=O) groups is 2. The van der Waals surface area contributed by atoms with Crippen molar-refractivity contribution in [1.29, 1.82) is 0 Å². The van der Waals surface area contributed by atoms with Gasteiger partial charge in [0.15, 0.2) is 0 Å². The summed E-state index contributed by atoms with van der Waals surface area (Å²) in [5.41, 5.74) is 1.75. The van der Waals surface area contributed by atoms with Crippen molar-refractivity contribution in [2.75, 3.05) is 31.1 Å². The Balaban J connectivity index is 0.000000383. The van der Waals surface area contributed by atoms with Crippen LogP contribution in [0.15, 0.2) is 35.4 Å². The van der Waals surface area contributed by atoms with Crippen LogP contribution < -0.4 is 10.5 Å². The molecule has 0 radical (unpaired) electrons. The van der Waals surface area contributed by atoms with Crippen LogP contribution in [0.3, 0.4) is 0 Å². The average molecular weight is 527 g/mol. The minimum absolute atomic E-state index is 0.0208. The molecule has 0 bridgehead atoms. The van der Waals surface area contributed by atoms with E-state index in [1.165, 1.54) is 0 Å². The third-order valence-corrected chi connectivity index (χ3v) is 4.44. The molecule has 2 aromatic heterocycles. The Kier molecular flexibility index (Phi) is 11.3. The first-order valence-corrected chi connectivity index (χ1v) is 10.1. The molecule has 0 unspecified atom stereocenters. The summed E-state index contributed by atoms with van der Waals surface area (Å²) in [7, 11) is 0. The molecule has 3 heterocycles. The fourth-order valence-electron chi connectivity index (χ4n) is 2.75. The van der Waals surface area contributed by atoms with Crippen molar-refractivity contribution in [3.05, 3.63) is 52.2 Å². The van der Waals surface area contributed by atoms with Crippen LogP contribution in [-0.4, -0.2) is 80.5 Å². The van der Waals surface area contributed by atoms with E-state index in [1.807, 2.05) is 25.1 Å². The highest BCUT2D eigenvalue weighted by Crippen LogP contribution is 2.14. The van der Waals surface area contributed by atoms with Gasteiger partial charge in [-0.25, -0.2) is 19.6 Å². The molecule has 0 spiro atoms. The predicted molar refractivity (Wildman–Crippen MR) is 113 cm³/mol. The maximum atomic E-state index is 12.0. The molecule has 1 aliphatic heterocycles. The minimum Gasteiger partial charge on any atom is -0.475 e. The first-order chi connectivity index (χ1) is 16.6. The van der Waals surface area contributed by atoms with Gasteiger partial charge in [-0.15, -0.1) is 0 Å². The van der Waals surface area contributed by atoms with Gasteiger partial charge < -0.3 is 20.1 Å². The molecule has 0 aromatic carbocycles. The number of carboxylic acid groups (broad SMARTS) is 2. The van der Waals surface area contributed by atoms with Crippen LogP contribution in [0.4, 0.5) is 32.3 Å². The molecular formula is C20H23F6N5O5. The van der Waals surface area contributed by atoms with E-state index >= 15 is 0 Å². The van der Waals surface area contributed by atoms with Crippen LogP contribution in [0.5, 0.6) is 0 Å². The first kappa shape index (κ1) is 30.3. The van der Waals surface area contributed by atoms with Crippen LogP contribution in [0.2, 0.25) is 0 Å². The molecule has 1 fully saturated rings. The van der Waals surface area contributed by atoms with Crippen molar-refractivity contribution in [3.63, 3.8) is 0 Å². The number of pyridine rings is 1. The molecule has 1 aliphatic rings. The Morgan fingerprint density at radius 3 is 1.94 bits per heavy atom. The highest BCUT2D eigenvalue weighted by molar-refractivity contribution is 5.73. The van der Waals surface area contributed by atoms with Crippen LogP contribution in [0.1, 0.15) is 17.7 Å². The Morgan fingerprint density at radius 1 is 0.944 bits per heavy atom. The van der Waals surface area contributed by atoms with E-state index < -0.39 is 24.3 Å². The molecule has 1 saturated heterocycles. The van der Waals surface area contributed by atoms with Gasteiger partial charge in [0.2, 0.25) is 5.95 Å². The van der Waals surface area contributed by atoms with Gasteiger partial charge in [0, 0.05) is 56.4 Å². The summed E-state index contributed by atoms with van der Waals surface area (Å²) in [4.78, 5) is 45.8. The lowest BCUT2D eigenvalue weighted by Crippen LogP contribution is -2.32. The number of alkyl halides is 6. The fraction of sp³-hybridized carbons (Fsp3) is 0.450. The van der Waals surface area contributed by atoms with Crippen molar-refractivity contribution in [1.82, 2.24) is 19.9 Å². The quantitative estimate of drug-likeness (QED) is 0.514. The lowest BCUT2D eigenvalue weighted by Gasteiger charge is -2.21. The zero-order valence-electron chi connectivity index (χ0n) is 18.8. The summed E-state index contributed by atoms with van der Waals surface area (Å²) >= 11 is 0. The lowest BCUT2D eigenvalue weighted by atomic mass is 10.2. The van der Waals surface area contributed by atoms with Gasteiger partial charge in [-0.3, -0.25) is 9.69 Å². The number of aromatic amines is 1. The number of anilines is 1. The van der Waals surface area contributed by atoms with Crippen molar-refractivity contribution >= 4 is 17.9 Å². The number of aromatic nitrogens is 3. The Labute approximate surface area is 200 Å². The molecule has 200 valence electrons. The van der Waals surface area contributed by atoms with Crippen molar-refractivity contribution in [2.45, 2.75) is 32.2 Å². The number of rotatable bonds is 3. The normalized spacial score (nSPS) is 14.5. The molecule has 16 heteroatoms. The number of carboxylic acids is 2. The second-order valence-electron chi connectivity index (χ2n) is 7.27. The Hall–Kier alpha value is -3.69. The number of aryl methyl sites for hydroxylation is 1. The standard InChI is InChI=1S/C16H21N5O.2C2HF3O2/c1-13-4-5-14(15(22)19-13)12-20-8-3-9-21(11-10-20)16-17-6-2-7-18-16;2*3-2(4,5)1(6)7/h2,4-7H,3,8-12H2,1H3,(H,19,22);2*(H,6,7). The van der Waals surface area contributed by atoms with Crippen LogP contribution >= 0.6 is 0 Å². The summed E-state index contributed by atoms with van der Waals surface area (Å²) in [6.45, 7) is 6.31. The van der Waals surface area contributed by atoms with Gasteiger partial charge in [0.1, 0.15) is 0 Å². The van der Waals surface area contributed by atoms with Crippen molar-refractivity contribution in [3.8, 4) is 0 Å². The molecule has 10 nitrogen and oxygen atoms in total. The number of nitrogens with one attached hydrogen (secondary N) is 1. The highest BCUT2D eigenvalue weighted by Gasteiger charge is 2.38. The second kappa shape index (κ2) is 13.4. The van der Waals surface area contributed by atoms with E-state index in [1.54, 1.807) is 12.4 Å². The number of H-pyrrole nitrogens is 1. The molecule has 0 saturated carbocycles. The van der Waals surface area contributed by atoms with Gasteiger partial charge in [-0.2, -0.15) is 26.3 Å². The van der Waals surface area contributed by atoms with E-state index in [0.29, 0.717) is 6.54 Å². The van der Waals surface area contributed by atoms with E-state index in [0.717, 1.165) is 49.8 Å². The number of aliphatic carboxylic acids is 2. The lowest BCUT2D eigenvalue weighted by molar-refractivity contribution is -0.193. The zero-order chi connectivity index (χ0) is 27.5. The van der Waals surface area contributed by atoms with Gasteiger partial charge in [0.05, 0.1) is 0 Å². The van der Waals surface area contributed by atoms with Crippen molar-refractivity contribution < 1.29 is 46.1 Å². The number of halogens is 6. The molecule has 0 aliphatic carbocycles. The predicted octanol–water partition coefficient (Wildman–Crippen LogP) is 2.45. The van der Waals surface area contributed by atoms with Gasteiger partial charge >= 0.3 is 24.3 Å². The monoisotopic (exact) mass is 527 g/mol. The van der Waals surface area contributed by atoms with Crippen LogP contribution in [0.25, 0.3) is 0 Å². The molecular weight excluding hydrogens is 504 g/mol. The van der Waals surface area contributed by atoms with Gasteiger partial charge in [-0.05, 0) is 25.5 Å². The zero-order valence-corrected chi connectivity index (χ0v) is 18.8. The maximum Gasteiger partial charge on any atom is 0.490 e. The maximum absolute atomic E-state index is 12.0. The summed E-state index contributed by atoms with van der Waals surface area (Å²) in [6.07, 6.45) is -5.57. The largest absolute Gasteiger partial charge is 0.490 e. The third-order valence-electron chi connectivity index (χ3n) is 4.44. The summed E-state index contributed by atoms with van der Waals surface area (Å²) < 4.78 is 63.5. The first-order valence-electron chi connectivity index (χ1n) is 10.1. The van der Waals surface area contributed by atoms with Gasteiger partial charge in [-0.1, -0.05) is 6.07 Å². The Morgan fingerprint density at radius 2 is 1.47 bits per heavy atom. The minimum atomic E-state index is -5.08. The molecule has 3 N–H and O–H groups in total. The average Bonchev–Trinajstić information content (AvgIpc) is 3.01. The van der Waals surface area contributed by atoms with E-state index in [-0.39, 0.29) is 5.56 Å². The third kappa shape index (κ3) is 11.2. The summed E-state index contributed by atoms with van der Waals surface area (Å²) in [5, 5.41) is 14.2. The van der Waals surface area contributed by atoms with Gasteiger partial charge in [0.25, 0.3) is 5.56 Å². The number of nitrogens with zero attached hydrogens (tertiary/aromatic N) is 4. The van der Waals surface area contributed by atoms with Crippen molar-refractivity contribution in [2.24, 2.45) is 0 Å². The molecule has 0 atom stereocenters. The smallest absolute Gasteiger partial charge is 0.475 e. The van der Waals surface area contributed by atoms with Crippen LogP contribution in [-0.2, 0) is 16.1 Å². The number of hydrogen-bond donors (Lipinski definition) is 3. The van der Waals surface area contributed by atoms with E-state index in [2.05, 4.69) is 24.8 Å². The number of hydrogen-bond acceptors (Lipinski definition) is 7. The summed E-state index contributed by atoms with van der Waals surface area (Å²) in [6, 6.07) is 5.72. The second-order valence-corrected chi connectivity index (χ2v) is 7.27. The Bertz CT molecular complexity index is 1020. The summed E-state index contributed by atoms with van der Waals surface area (Å²) in [5.74, 6) is -4.72. The topological polar surface area (TPSA) is 140 Å². The fourth-order valence-corrected chi connectivity index (χ4v) is 2.75. The molecule has 3 rings (SSSR count). The molecule has 36 heavy (non-hydrogen) atoms. The van der Waals surface area contributed by atoms with E-state index in [9.17, 15) is 31.1 Å². The molecule has 0 amide bonds. The molecule has 2 aromatic rings. The SMILES string of the molecule is Cc1ccc(CN2CCCN(c3ncccn3)CC2)c(=O)[nH]1.O=C(O)C(F)(F)F.O=C(O)C(F)(F)F. The highest BCUT2D eigenvalue weighted by atomic mass is 19.4.